The van der Waals surface area contributed by atoms with E-state index < -0.39 is 0 Å². The van der Waals surface area contributed by atoms with Crippen LogP contribution in [0.1, 0.15) is 39.0 Å². The largest absolute Gasteiger partial charge is 0.376 e. The van der Waals surface area contributed by atoms with Crippen LogP contribution in [-0.2, 0) is 4.74 Å². The van der Waals surface area contributed by atoms with Gasteiger partial charge in [0, 0.05) is 18.6 Å². The Labute approximate surface area is 123 Å². The Balaban J connectivity index is 1.56. The fourth-order valence-electron chi connectivity index (χ4n) is 5.32. The van der Waals surface area contributed by atoms with Crippen molar-refractivity contribution in [2.24, 2.45) is 29.4 Å². The topological polar surface area (TPSA) is 47.3 Å². The molecule has 4 fully saturated rings. The zero-order valence-electron chi connectivity index (χ0n) is 12.9. The normalized spacial score (nSPS) is 42.1. The van der Waals surface area contributed by atoms with Crippen LogP contribution in [0.25, 0.3) is 0 Å². The van der Waals surface area contributed by atoms with E-state index in [9.17, 15) is 0 Å². The molecule has 3 nitrogen and oxygen atoms in total. The minimum atomic E-state index is 0.208. The average molecular weight is 278 g/mol. The summed E-state index contributed by atoms with van der Waals surface area (Å²) in [7, 11) is 0. The van der Waals surface area contributed by atoms with Crippen LogP contribution in [0.2, 0.25) is 0 Å². The molecule has 4 bridgehead atoms. The van der Waals surface area contributed by atoms with Crippen molar-refractivity contribution in [3.63, 3.8) is 0 Å². The van der Waals surface area contributed by atoms with Crippen molar-refractivity contribution in [3.05, 3.63) is 12.2 Å². The average Bonchev–Trinajstić information content (AvgIpc) is 2.40. The van der Waals surface area contributed by atoms with Gasteiger partial charge in [0.05, 0.1) is 13.2 Å². The number of nitrogens with two attached hydrogens (primary N) is 1. The minimum Gasteiger partial charge on any atom is -0.376 e. The van der Waals surface area contributed by atoms with Crippen molar-refractivity contribution < 1.29 is 4.74 Å². The van der Waals surface area contributed by atoms with E-state index in [2.05, 4.69) is 11.9 Å². The minimum absolute atomic E-state index is 0.208. The highest BCUT2D eigenvalue weighted by atomic mass is 16.5. The molecule has 0 aromatic carbocycles. The molecule has 0 spiro atoms. The summed E-state index contributed by atoms with van der Waals surface area (Å²) in [5.74, 6) is 3.62. The van der Waals surface area contributed by atoms with Gasteiger partial charge in [0.2, 0.25) is 0 Å². The number of rotatable bonds is 7. The Morgan fingerprint density at radius 1 is 1.20 bits per heavy atom. The molecule has 0 radical (unpaired) electrons. The molecule has 0 aromatic heterocycles. The maximum absolute atomic E-state index is 6.23. The molecule has 0 saturated heterocycles. The van der Waals surface area contributed by atoms with Crippen LogP contribution in [0.3, 0.4) is 0 Å². The second kappa shape index (κ2) is 5.78. The maximum Gasteiger partial charge on any atom is 0.0672 e. The van der Waals surface area contributed by atoms with Crippen molar-refractivity contribution in [3.8, 4) is 0 Å². The van der Waals surface area contributed by atoms with Gasteiger partial charge in [-0.2, -0.15) is 0 Å². The molecule has 3 heteroatoms. The molecular formula is C17H30N2O. The van der Waals surface area contributed by atoms with E-state index in [0.717, 1.165) is 48.9 Å². The molecular weight excluding hydrogens is 248 g/mol. The second-order valence-electron chi connectivity index (χ2n) is 7.49. The molecule has 0 atom stereocenters. The summed E-state index contributed by atoms with van der Waals surface area (Å²) in [5.41, 5.74) is 7.53. The van der Waals surface area contributed by atoms with Crippen molar-refractivity contribution in [2.75, 3.05) is 26.3 Å². The van der Waals surface area contributed by atoms with Gasteiger partial charge in [0.1, 0.15) is 0 Å². The molecule has 4 aliphatic carbocycles. The van der Waals surface area contributed by atoms with Crippen LogP contribution in [0, 0.1) is 23.7 Å². The molecule has 20 heavy (non-hydrogen) atoms. The summed E-state index contributed by atoms with van der Waals surface area (Å²) in [4.78, 5) is 0. The highest BCUT2D eigenvalue weighted by Gasteiger charge is 2.56. The summed E-state index contributed by atoms with van der Waals surface area (Å²) < 4.78 is 5.62. The van der Waals surface area contributed by atoms with E-state index in [0.29, 0.717) is 6.61 Å². The van der Waals surface area contributed by atoms with Gasteiger partial charge >= 0.3 is 0 Å². The highest BCUT2D eigenvalue weighted by molar-refractivity contribution is 5.11. The molecule has 4 aliphatic rings. The van der Waals surface area contributed by atoms with Gasteiger partial charge in [-0.15, -0.1) is 0 Å². The standard InChI is InChI=1S/C17H30N2O/c1-12(2)10-20-4-3-19-17(11-18)15-6-13-5-14(8-15)9-16(17)7-13/h13-16,19H,1,3-11,18H2,2H3. The van der Waals surface area contributed by atoms with Gasteiger partial charge in [-0.05, 0) is 62.7 Å². The molecule has 0 unspecified atom stereocenters. The third kappa shape index (κ3) is 2.56. The van der Waals surface area contributed by atoms with Gasteiger partial charge in [-0.25, -0.2) is 0 Å². The van der Waals surface area contributed by atoms with Crippen LogP contribution >= 0.6 is 0 Å². The van der Waals surface area contributed by atoms with E-state index in [1.165, 1.54) is 32.1 Å². The Bertz CT molecular complexity index is 338. The third-order valence-corrected chi connectivity index (χ3v) is 5.98. The maximum atomic E-state index is 6.23. The number of ether oxygens (including phenoxy) is 1. The number of hydrogen-bond donors (Lipinski definition) is 2. The lowest BCUT2D eigenvalue weighted by atomic mass is 9.48. The Morgan fingerprint density at radius 3 is 2.30 bits per heavy atom. The van der Waals surface area contributed by atoms with Gasteiger partial charge in [-0.1, -0.05) is 12.2 Å². The molecule has 4 saturated carbocycles. The predicted molar refractivity (Wildman–Crippen MR) is 82.5 cm³/mol. The van der Waals surface area contributed by atoms with Crippen LogP contribution in [-0.4, -0.2) is 31.8 Å². The van der Waals surface area contributed by atoms with E-state index in [1.54, 1.807) is 0 Å². The molecule has 3 N–H and O–H groups in total. The Hall–Kier alpha value is -0.380. The third-order valence-electron chi connectivity index (χ3n) is 5.98. The SMILES string of the molecule is C=C(C)COCCNC1(CN)C2CC3CC(C2)CC1C3. The lowest BCUT2D eigenvalue weighted by molar-refractivity contribution is -0.0709. The summed E-state index contributed by atoms with van der Waals surface area (Å²) in [6.07, 6.45) is 7.12. The summed E-state index contributed by atoms with van der Waals surface area (Å²) >= 11 is 0. The number of nitrogens with one attached hydrogen (secondary N) is 1. The summed E-state index contributed by atoms with van der Waals surface area (Å²) in [6, 6.07) is 0. The van der Waals surface area contributed by atoms with E-state index in [1.807, 2.05) is 6.92 Å². The Kier molecular flexibility index (Phi) is 4.21. The summed E-state index contributed by atoms with van der Waals surface area (Å²) in [6.45, 7) is 9.03. The smallest absolute Gasteiger partial charge is 0.0672 e. The monoisotopic (exact) mass is 278 g/mol. The molecule has 0 aromatic rings. The first kappa shape index (κ1) is 14.6. The first-order valence-corrected chi connectivity index (χ1v) is 8.31. The molecule has 114 valence electrons. The van der Waals surface area contributed by atoms with Crippen molar-refractivity contribution in [1.29, 1.82) is 0 Å². The van der Waals surface area contributed by atoms with Crippen LogP contribution in [0.4, 0.5) is 0 Å². The first-order chi connectivity index (χ1) is 9.64. The molecule has 4 rings (SSSR count). The predicted octanol–water partition coefficient (Wildman–Crippen LogP) is 2.32. The van der Waals surface area contributed by atoms with E-state index >= 15 is 0 Å². The van der Waals surface area contributed by atoms with E-state index in [-0.39, 0.29) is 5.54 Å². The second-order valence-corrected chi connectivity index (χ2v) is 7.49. The van der Waals surface area contributed by atoms with Crippen LogP contribution in [0.15, 0.2) is 12.2 Å². The quantitative estimate of drug-likeness (QED) is 0.555. The Morgan fingerprint density at radius 2 is 1.80 bits per heavy atom. The molecule has 0 aliphatic heterocycles. The van der Waals surface area contributed by atoms with Crippen LogP contribution in [0.5, 0.6) is 0 Å². The van der Waals surface area contributed by atoms with Gasteiger partial charge in [0.15, 0.2) is 0 Å². The first-order valence-electron chi connectivity index (χ1n) is 8.31. The lowest BCUT2D eigenvalue weighted by Crippen LogP contribution is -2.68. The number of hydrogen-bond acceptors (Lipinski definition) is 3. The fourth-order valence-corrected chi connectivity index (χ4v) is 5.32. The zero-order chi connectivity index (χ0) is 14.2. The fraction of sp³-hybridized carbons (Fsp3) is 0.882. The highest BCUT2D eigenvalue weighted by Crippen LogP contribution is 2.57. The zero-order valence-corrected chi connectivity index (χ0v) is 12.9. The van der Waals surface area contributed by atoms with Gasteiger partial charge < -0.3 is 15.8 Å². The molecule has 0 amide bonds. The van der Waals surface area contributed by atoms with Crippen LogP contribution < -0.4 is 11.1 Å². The van der Waals surface area contributed by atoms with Crippen molar-refractivity contribution in [2.45, 2.75) is 44.6 Å². The lowest BCUT2D eigenvalue weighted by Gasteiger charge is -2.61. The molecule has 0 heterocycles. The van der Waals surface area contributed by atoms with E-state index in [4.69, 9.17) is 10.5 Å². The van der Waals surface area contributed by atoms with Crippen molar-refractivity contribution >= 4 is 0 Å². The van der Waals surface area contributed by atoms with Gasteiger partial charge in [-0.3, -0.25) is 0 Å². The van der Waals surface area contributed by atoms with Crippen molar-refractivity contribution in [1.82, 2.24) is 5.32 Å². The summed E-state index contributed by atoms with van der Waals surface area (Å²) in [5, 5.41) is 3.82. The van der Waals surface area contributed by atoms with Gasteiger partial charge in [0.25, 0.3) is 0 Å².